The van der Waals surface area contributed by atoms with Crippen LogP contribution >= 0.6 is 0 Å². The van der Waals surface area contributed by atoms with E-state index in [1.807, 2.05) is 66.7 Å². The highest BCUT2D eigenvalue weighted by atomic mass is 16.6. The summed E-state index contributed by atoms with van der Waals surface area (Å²) in [6.45, 7) is 0. The summed E-state index contributed by atoms with van der Waals surface area (Å²) in [6.07, 6.45) is -0.417. The van der Waals surface area contributed by atoms with Gasteiger partial charge in [-0.05, 0) is 38.9 Å². The predicted molar refractivity (Wildman–Crippen MR) is 157 cm³/mol. The number of benzene rings is 5. The average molecular weight is 549 g/mol. The summed E-state index contributed by atoms with van der Waals surface area (Å²) in [4.78, 5) is 15.2. The van der Waals surface area contributed by atoms with E-state index in [0.29, 0.717) is 0 Å². The maximum absolute atomic E-state index is 15.2. The van der Waals surface area contributed by atoms with Crippen molar-refractivity contribution < 1.29 is 19.0 Å². The van der Waals surface area contributed by atoms with E-state index in [0.717, 1.165) is 38.9 Å². The lowest BCUT2D eigenvalue weighted by Crippen LogP contribution is -2.64. The van der Waals surface area contributed by atoms with Gasteiger partial charge in [-0.1, -0.05) is 140 Å². The van der Waals surface area contributed by atoms with E-state index in [9.17, 15) is 0 Å². The summed E-state index contributed by atoms with van der Waals surface area (Å²) in [6, 6.07) is 47.6. The van der Waals surface area contributed by atoms with Gasteiger partial charge in [0.05, 0.1) is 19.1 Å². The van der Waals surface area contributed by atoms with Crippen LogP contribution in [0.1, 0.15) is 45.0 Å². The molecular formula is C38H28O4. The fraction of sp³-hybridized carbons (Fsp3) is 0.184. The monoisotopic (exact) mass is 548 g/mol. The zero-order chi connectivity index (χ0) is 28.2. The average Bonchev–Trinajstić information content (AvgIpc) is 3.78. The number of rotatable bonds is 4. The van der Waals surface area contributed by atoms with Crippen molar-refractivity contribution in [2.75, 3.05) is 7.11 Å². The maximum Gasteiger partial charge on any atom is 0.319 e. The molecule has 2 saturated heterocycles. The van der Waals surface area contributed by atoms with Gasteiger partial charge in [-0.25, -0.2) is 0 Å². The second kappa shape index (κ2) is 8.07. The first-order valence-electron chi connectivity index (χ1n) is 14.5. The van der Waals surface area contributed by atoms with Crippen LogP contribution < -0.4 is 0 Å². The molecule has 4 heterocycles. The second-order valence-corrected chi connectivity index (χ2v) is 11.7. The van der Waals surface area contributed by atoms with Crippen LogP contribution in [0.4, 0.5) is 0 Å². The van der Waals surface area contributed by atoms with E-state index >= 15 is 4.79 Å². The lowest BCUT2D eigenvalue weighted by atomic mass is 9.43. The molecule has 4 nitrogen and oxygen atoms in total. The number of carbonyl (C=O) groups is 1. The summed E-state index contributed by atoms with van der Waals surface area (Å²) in [5, 5.41) is 0. The van der Waals surface area contributed by atoms with Gasteiger partial charge in [0.15, 0.2) is 5.41 Å². The molecule has 4 bridgehead atoms. The van der Waals surface area contributed by atoms with Crippen LogP contribution in [0, 0.1) is 11.3 Å². The van der Waals surface area contributed by atoms with Crippen molar-refractivity contribution in [3.05, 3.63) is 178 Å². The molecule has 0 aromatic heterocycles. The molecule has 4 aliphatic heterocycles. The highest BCUT2D eigenvalue weighted by molar-refractivity contribution is 5.89. The minimum Gasteiger partial charge on any atom is -0.468 e. The molecule has 0 radical (unpaired) electrons. The van der Waals surface area contributed by atoms with Gasteiger partial charge in [-0.2, -0.15) is 0 Å². The topological polar surface area (TPSA) is 44.8 Å². The van der Waals surface area contributed by atoms with Crippen molar-refractivity contribution in [1.29, 1.82) is 0 Å². The van der Waals surface area contributed by atoms with Crippen molar-refractivity contribution in [2.45, 2.75) is 22.9 Å². The van der Waals surface area contributed by atoms with Crippen molar-refractivity contribution in [3.8, 4) is 0 Å². The smallest absolute Gasteiger partial charge is 0.319 e. The largest absolute Gasteiger partial charge is 0.468 e. The number of ether oxygens (including phenoxy) is 3. The Morgan fingerprint density at radius 3 is 1.71 bits per heavy atom. The number of carbonyl (C=O) groups excluding carboxylic acids is 1. The molecule has 204 valence electrons. The molecular weight excluding hydrogens is 520 g/mol. The Labute approximate surface area is 244 Å². The molecule has 0 spiro atoms. The van der Waals surface area contributed by atoms with Gasteiger partial charge in [0, 0.05) is 0 Å². The van der Waals surface area contributed by atoms with Crippen LogP contribution in [0.2, 0.25) is 0 Å². The van der Waals surface area contributed by atoms with E-state index in [4.69, 9.17) is 14.2 Å². The number of fused-ring (bicyclic) bond motifs is 15. The number of hydrogen-bond acceptors (Lipinski definition) is 4. The van der Waals surface area contributed by atoms with Crippen molar-refractivity contribution in [1.82, 2.24) is 0 Å². The van der Waals surface area contributed by atoms with Crippen LogP contribution in [-0.4, -0.2) is 13.1 Å². The zero-order valence-corrected chi connectivity index (χ0v) is 23.1. The molecule has 5 aromatic carbocycles. The quantitative estimate of drug-likeness (QED) is 0.227. The zero-order valence-electron chi connectivity index (χ0n) is 23.1. The lowest BCUT2D eigenvalue weighted by molar-refractivity contribution is -0.187. The summed E-state index contributed by atoms with van der Waals surface area (Å²) in [7, 11) is 1.50. The van der Waals surface area contributed by atoms with E-state index in [1.165, 1.54) is 7.11 Å². The molecule has 0 amide bonds. The molecule has 4 heteroatoms. The fourth-order valence-electron chi connectivity index (χ4n) is 9.25. The van der Waals surface area contributed by atoms with Crippen molar-refractivity contribution >= 4 is 5.97 Å². The highest BCUT2D eigenvalue weighted by Crippen LogP contribution is 2.86. The van der Waals surface area contributed by atoms with Gasteiger partial charge >= 0.3 is 5.97 Å². The summed E-state index contributed by atoms with van der Waals surface area (Å²) in [5.41, 5.74) is 2.30. The van der Waals surface area contributed by atoms with Gasteiger partial charge in [-0.15, -0.1) is 0 Å². The van der Waals surface area contributed by atoms with E-state index in [1.54, 1.807) is 0 Å². The van der Waals surface area contributed by atoms with E-state index < -0.39 is 34.2 Å². The van der Waals surface area contributed by atoms with Gasteiger partial charge in [0.25, 0.3) is 0 Å². The van der Waals surface area contributed by atoms with Crippen LogP contribution in [-0.2, 0) is 35.8 Å². The van der Waals surface area contributed by atoms with Crippen LogP contribution in [0.15, 0.2) is 140 Å². The van der Waals surface area contributed by atoms with Crippen molar-refractivity contribution in [2.24, 2.45) is 11.3 Å². The summed E-state index contributed by atoms with van der Waals surface area (Å²) >= 11 is 0. The predicted octanol–water partition coefficient (Wildman–Crippen LogP) is 7.02. The van der Waals surface area contributed by atoms with Gasteiger partial charge in [-0.3, -0.25) is 4.79 Å². The second-order valence-electron chi connectivity index (χ2n) is 11.7. The van der Waals surface area contributed by atoms with E-state index in [-0.39, 0.29) is 5.97 Å². The first-order valence-corrected chi connectivity index (χ1v) is 14.5. The molecule has 4 aliphatic rings. The number of esters is 1. The minimum absolute atomic E-state index is 0.329. The summed E-state index contributed by atoms with van der Waals surface area (Å²) < 4.78 is 21.1. The number of hydrogen-bond donors (Lipinski definition) is 0. The van der Waals surface area contributed by atoms with E-state index in [2.05, 4.69) is 72.8 Å². The normalized spacial score (nSPS) is 32.7. The molecule has 0 N–H and O–H groups in total. The molecule has 5 aromatic rings. The van der Waals surface area contributed by atoms with Crippen LogP contribution in [0.5, 0.6) is 0 Å². The highest BCUT2D eigenvalue weighted by Gasteiger charge is 2.93. The minimum atomic E-state index is -1.30. The Kier molecular flexibility index (Phi) is 4.63. The summed E-state index contributed by atoms with van der Waals surface area (Å²) in [5.74, 6) is -0.755. The molecule has 2 fully saturated rings. The van der Waals surface area contributed by atoms with Crippen molar-refractivity contribution in [3.63, 3.8) is 0 Å². The van der Waals surface area contributed by atoms with Gasteiger partial charge in [0.1, 0.15) is 16.8 Å². The van der Waals surface area contributed by atoms with Crippen LogP contribution in [0.25, 0.3) is 0 Å². The lowest BCUT2D eigenvalue weighted by Gasteiger charge is -2.53. The van der Waals surface area contributed by atoms with Gasteiger partial charge < -0.3 is 14.2 Å². The Morgan fingerprint density at radius 1 is 0.595 bits per heavy atom. The van der Waals surface area contributed by atoms with Gasteiger partial charge in [0.2, 0.25) is 0 Å². The first kappa shape index (κ1) is 24.1. The Hall–Kier alpha value is -4.51. The van der Waals surface area contributed by atoms with Crippen LogP contribution in [0.3, 0.4) is 0 Å². The first-order chi connectivity index (χ1) is 20.7. The molecule has 6 atom stereocenters. The fourth-order valence-corrected chi connectivity index (χ4v) is 9.25. The Bertz CT molecular complexity index is 1870. The molecule has 9 rings (SSSR count). The molecule has 42 heavy (non-hydrogen) atoms. The molecule has 6 unspecified atom stereocenters. The number of methoxy groups -OCH3 is 1. The Balaban J connectivity index is 1.54. The standard InChI is InChI=1S/C38H28O4/c1-40-34(39)36-33(32-28-21-11-12-22-29(28)37(36,41-32)26-17-7-3-8-18-26)35(25-15-5-2-6-16-25)30-23-13-14-24-31(30)38(36,42-35)27-19-9-4-10-20-27/h2-24,32-33H,1H3. The SMILES string of the molecule is COC(=O)C12C(C3OC1(c1ccccc1)c1ccccc13)C1(c3ccccc3)OC2(c2ccccc2)c2ccccc21. The third-order valence-electron chi connectivity index (χ3n) is 10.4. The third-order valence-corrected chi connectivity index (χ3v) is 10.4. The molecule has 0 saturated carbocycles. The molecule has 0 aliphatic carbocycles. The maximum atomic E-state index is 15.2. The Morgan fingerprint density at radius 2 is 1.10 bits per heavy atom. The third kappa shape index (κ3) is 2.33.